The average molecular weight is 288 g/mol. The van der Waals surface area contributed by atoms with Crippen LogP contribution in [-0.2, 0) is 11.2 Å². The van der Waals surface area contributed by atoms with Gasteiger partial charge in [-0.25, -0.2) is 9.18 Å². The van der Waals surface area contributed by atoms with Crippen LogP contribution in [0.15, 0.2) is 48.8 Å². The largest absolute Gasteiger partial charge is 0.480 e. The first-order chi connectivity index (χ1) is 10.1. The highest BCUT2D eigenvalue weighted by Crippen LogP contribution is 2.07. The van der Waals surface area contributed by atoms with Gasteiger partial charge in [0.25, 0.3) is 5.91 Å². The van der Waals surface area contributed by atoms with Crippen molar-refractivity contribution in [3.63, 3.8) is 0 Å². The Kier molecular flexibility index (Phi) is 4.61. The molecule has 0 unspecified atom stereocenters. The third-order valence-electron chi connectivity index (χ3n) is 2.90. The van der Waals surface area contributed by atoms with Crippen LogP contribution < -0.4 is 5.32 Å². The predicted molar refractivity (Wildman–Crippen MR) is 73.2 cm³/mol. The van der Waals surface area contributed by atoms with E-state index in [0.717, 1.165) is 11.8 Å². The van der Waals surface area contributed by atoms with Gasteiger partial charge in [-0.1, -0.05) is 30.3 Å². The quantitative estimate of drug-likeness (QED) is 0.876. The van der Waals surface area contributed by atoms with E-state index in [1.807, 2.05) is 6.07 Å². The third-order valence-corrected chi connectivity index (χ3v) is 2.90. The summed E-state index contributed by atoms with van der Waals surface area (Å²) in [5.41, 5.74) is 0.532. The molecule has 1 aromatic heterocycles. The van der Waals surface area contributed by atoms with E-state index < -0.39 is 23.7 Å². The molecule has 2 N–H and O–H groups in total. The zero-order valence-electron chi connectivity index (χ0n) is 11.0. The molecule has 0 spiro atoms. The first-order valence-electron chi connectivity index (χ1n) is 6.25. The van der Waals surface area contributed by atoms with Gasteiger partial charge in [0.15, 0.2) is 5.82 Å². The van der Waals surface area contributed by atoms with Crippen molar-refractivity contribution < 1.29 is 19.1 Å². The van der Waals surface area contributed by atoms with E-state index >= 15 is 0 Å². The van der Waals surface area contributed by atoms with E-state index in [1.54, 1.807) is 24.3 Å². The highest BCUT2D eigenvalue weighted by atomic mass is 19.1. The van der Waals surface area contributed by atoms with E-state index in [2.05, 4.69) is 10.3 Å². The van der Waals surface area contributed by atoms with Gasteiger partial charge in [-0.15, -0.1) is 0 Å². The minimum Gasteiger partial charge on any atom is -0.480 e. The summed E-state index contributed by atoms with van der Waals surface area (Å²) in [6, 6.07) is 8.95. The molecule has 6 heteroatoms. The minimum atomic E-state index is -1.18. The van der Waals surface area contributed by atoms with Crippen LogP contribution in [0.25, 0.3) is 0 Å². The lowest BCUT2D eigenvalue weighted by atomic mass is 10.1. The molecule has 0 bridgehead atoms. The number of aliphatic carboxylic acids is 1. The van der Waals surface area contributed by atoms with Crippen LogP contribution in [0.1, 0.15) is 15.9 Å². The van der Waals surface area contributed by atoms with Crippen LogP contribution in [0.3, 0.4) is 0 Å². The number of carbonyl (C=O) groups is 2. The fraction of sp³-hybridized carbons (Fsp3) is 0.133. The van der Waals surface area contributed by atoms with Crippen molar-refractivity contribution in [2.45, 2.75) is 12.5 Å². The molecule has 1 atom stereocenters. The van der Waals surface area contributed by atoms with Crippen molar-refractivity contribution in [2.24, 2.45) is 0 Å². The van der Waals surface area contributed by atoms with Gasteiger partial charge in [-0.2, -0.15) is 0 Å². The molecule has 2 rings (SSSR count). The van der Waals surface area contributed by atoms with E-state index in [9.17, 15) is 19.1 Å². The topological polar surface area (TPSA) is 79.3 Å². The van der Waals surface area contributed by atoms with Gasteiger partial charge >= 0.3 is 5.97 Å². The number of carboxylic acid groups (broad SMARTS) is 1. The zero-order chi connectivity index (χ0) is 15.2. The maximum Gasteiger partial charge on any atom is 0.326 e. The smallest absolute Gasteiger partial charge is 0.326 e. The van der Waals surface area contributed by atoms with Gasteiger partial charge in [-0.3, -0.25) is 9.78 Å². The Morgan fingerprint density at radius 1 is 1.24 bits per heavy atom. The van der Waals surface area contributed by atoms with Crippen LogP contribution in [0.5, 0.6) is 0 Å². The number of pyridine rings is 1. The normalized spacial score (nSPS) is 11.7. The van der Waals surface area contributed by atoms with Crippen molar-refractivity contribution in [3.05, 3.63) is 65.7 Å². The average Bonchev–Trinajstić information content (AvgIpc) is 2.48. The number of carboxylic acids is 1. The summed E-state index contributed by atoms with van der Waals surface area (Å²) in [6.07, 6.45) is 2.29. The Morgan fingerprint density at radius 3 is 2.57 bits per heavy atom. The number of benzene rings is 1. The second-order valence-corrected chi connectivity index (χ2v) is 4.41. The first-order valence-corrected chi connectivity index (χ1v) is 6.25. The Hall–Kier alpha value is -2.76. The number of rotatable bonds is 5. The molecular weight excluding hydrogens is 275 g/mol. The second kappa shape index (κ2) is 6.60. The lowest BCUT2D eigenvalue weighted by molar-refractivity contribution is -0.139. The number of nitrogens with zero attached hydrogens (tertiary/aromatic N) is 1. The molecule has 0 aliphatic carbocycles. The Balaban J connectivity index is 2.12. The van der Waals surface area contributed by atoms with Crippen molar-refractivity contribution in [3.8, 4) is 0 Å². The van der Waals surface area contributed by atoms with E-state index in [-0.39, 0.29) is 12.0 Å². The van der Waals surface area contributed by atoms with Crippen molar-refractivity contribution in [2.75, 3.05) is 0 Å². The molecule has 5 nitrogen and oxygen atoms in total. The van der Waals surface area contributed by atoms with Crippen LogP contribution in [0.4, 0.5) is 4.39 Å². The summed E-state index contributed by atoms with van der Waals surface area (Å²) in [5.74, 6) is -2.75. The summed E-state index contributed by atoms with van der Waals surface area (Å²) in [5, 5.41) is 11.5. The van der Waals surface area contributed by atoms with Crippen LogP contribution >= 0.6 is 0 Å². The lowest BCUT2D eigenvalue weighted by Gasteiger charge is -2.14. The number of hydrogen-bond acceptors (Lipinski definition) is 3. The summed E-state index contributed by atoms with van der Waals surface area (Å²) in [4.78, 5) is 26.7. The maximum atomic E-state index is 13.4. The van der Waals surface area contributed by atoms with E-state index in [4.69, 9.17) is 0 Å². The minimum absolute atomic E-state index is 0.120. The van der Waals surface area contributed by atoms with Crippen LogP contribution in [0, 0.1) is 5.82 Å². The number of aromatic nitrogens is 1. The molecule has 0 fully saturated rings. The molecule has 0 aliphatic rings. The molecule has 1 aromatic carbocycles. The Bertz CT molecular complexity index is 646. The molecule has 1 amide bonds. The highest BCUT2D eigenvalue weighted by Gasteiger charge is 2.22. The molecular formula is C15H13FN2O3. The molecule has 108 valence electrons. The van der Waals surface area contributed by atoms with Crippen molar-refractivity contribution >= 4 is 11.9 Å². The molecule has 21 heavy (non-hydrogen) atoms. The van der Waals surface area contributed by atoms with Gasteiger partial charge in [0, 0.05) is 12.6 Å². The summed E-state index contributed by atoms with van der Waals surface area (Å²) in [7, 11) is 0. The van der Waals surface area contributed by atoms with Gasteiger partial charge < -0.3 is 10.4 Å². The van der Waals surface area contributed by atoms with E-state index in [1.165, 1.54) is 12.3 Å². The van der Waals surface area contributed by atoms with Gasteiger partial charge in [0.1, 0.15) is 6.04 Å². The third kappa shape index (κ3) is 3.85. The lowest BCUT2D eigenvalue weighted by Crippen LogP contribution is -2.42. The SMILES string of the molecule is O=C(N[C@@H](Cc1ccccc1)C(=O)O)c1ccncc1F. The molecule has 0 saturated carbocycles. The number of hydrogen-bond donors (Lipinski definition) is 2. The van der Waals surface area contributed by atoms with E-state index in [0.29, 0.717) is 0 Å². The predicted octanol–water partition coefficient (Wildman–Crippen LogP) is 1.65. The number of amides is 1. The summed E-state index contributed by atoms with van der Waals surface area (Å²) in [6.45, 7) is 0. The second-order valence-electron chi connectivity index (χ2n) is 4.41. The molecule has 0 radical (unpaired) electrons. The summed E-state index contributed by atoms with van der Waals surface area (Å²) >= 11 is 0. The van der Waals surface area contributed by atoms with Crippen LogP contribution in [-0.4, -0.2) is 28.0 Å². The fourth-order valence-corrected chi connectivity index (χ4v) is 1.85. The molecule has 1 heterocycles. The standard InChI is InChI=1S/C15H13FN2O3/c16-12-9-17-7-6-11(12)14(19)18-13(15(20)21)8-10-4-2-1-3-5-10/h1-7,9,13H,8H2,(H,18,19)(H,20,21)/t13-/m0/s1. The highest BCUT2D eigenvalue weighted by molar-refractivity contribution is 5.96. The Labute approximate surface area is 120 Å². The van der Waals surface area contributed by atoms with Crippen molar-refractivity contribution in [1.29, 1.82) is 0 Å². The van der Waals surface area contributed by atoms with Gasteiger partial charge in [-0.05, 0) is 11.6 Å². The molecule has 0 saturated heterocycles. The van der Waals surface area contributed by atoms with Crippen LogP contribution in [0.2, 0.25) is 0 Å². The number of halogens is 1. The zero-order valence-corrected chi connectivity index (χ0v) is 11.0. The number of carbonyl (C=O) groups excluding carboxylic acids is 1. The van der Waals surface area contributed by atoms with Crippen molar-refractivity contribution in [1.82, 2.24) is 10.3 Å². The van der Waals surface area contributed by atoms with Gasteiger partial charge in [0.2, 0.25) is 0 Å². The maximum absolute atomic E-state index is 13.4. The fourth-order valence-electron chi connectivity index (χ4n) is 1.85. The number of nitrogens with one attached hydrogen (secondary N) is 1. The first kappa shape index (κ1) is 14.6. The Morgan fingerprint density at radius 2 is 1.95 bits per heavy atom. The summed E-state index contributed by atoms with van der Waals surface area (Å²) < 4.78 is 13.4. The monoisotopic (exact) mass is 288 g/mol. The molecule has 2 aromatic rings. The van der Waals surface area contributed by atoms with Gasteiger partial charge in [0.05, 0.1) is 11.8 Å². The molecule has 0 aliphatic heterocycles.